The molecule has 7 heteroatoms. The number of hydrogen-bond donors (Lipinski definition) is 1. The number of nitrogens with one attached hydrogen (secondary N) is 1. The number of halogens is 2. The minimum atomic E-state index is -0.336. The molecule has 1 heterocycles. The number of nitrogens with zero attached hydrogens (tertiary/aromatic N) is 2. The first-order chi connectivity index (χ1) is 15.5. The predicted molar refractivity (Wildman–Crippen MR) is 124 cm³/mol. The van der Waals surface area contributed by atoms with Crippen molar-refractivity contribution in [2.75, 3.05) is 23.3 Å². The molecule has 4 rings (SSSR count). The lowest BCUT2D eigenvalue weighted by Gasteiger charge is -2.36. The summed E-state index contributed by atoms with van der Waals surface area (Å²) in [5, 5.41) is 3.50. The van der Waals surface area contributed by atoms with Gasteiger partial charge in [0, 0.05) is 36.0 Å². The van der Waals surface area contributed by atoms with Gasteiger partial charge >= 0.3 is 6.03 Å². The summed E-state index contributed by atoms with van der Waals surface area (Å²) in [6, 6.07) is 20.5. The predicted octanol–water partition coefficient (Wildman–Crippen LogP) is 5.49. The molecule has 5 nitrogen and oxygen atoms in total. The van der Waals surface area contributed by atoms with Gasteiger partial charge in [0.25, 0.3) is 0 Å². The molecule has 0 aliphatic carbocycles. The minimum Gasteiger partial charge on any atom is -0.326 e. The van der Waals surface area contributed by atoms with Crippen LogP contribution >= 0.6 is 11.6 Å². The van der Waals surface area contributed by atoms with Crippen molar-refractivity contribution >= 4 is 34.9 Å². The lowest BCUT2D eigenvalue weighted by Crippen LogP contribution is -2.49. The van der Waals surface area contributed by atoms with Gasteiger partial charge in [-0.25, -0.2) is 9.18 Å². The molecule has 0 atom stereocenters. The third-order valence-electron chi connectivity index (χ3n) is 5.35. The molecule has 164 valence electrons. The average Bonchev–Trinajstić information content (AvgIpc) is 2.78. The van der Waals surface area contributed by atoms with Crippen molar-refractivity contribution in [2.24, 2.45) is 0 Å². The Balaban J connectivity index is 1.43. The maximum Gasteiger partial charge on any atom is 0.324 e. The quantitative estimate of drug-likeness (QED) is 0.538. The highest BCUT2D eigenvalue weighted by Gasteiger charge is 2.27. The van der Waals surface area contributed by atoms with E-state index in [-0.39, 0.29) is 24.2 Å². The molecule has 1 aliphatic rings. The van der Waals surface area contributed by atoms with Crippen LogP contribution in [0, 0.1) is 5.82 Å². The van der Waals surface area contributed by atoms with Gasteiger partial charge in [-0.05, 0) is 53.9 Å². The molecule has 1 aliphatic heterocycles. The number of amides is 3. The average molecular weight is 452 g/mol. The Morgan fingerprint density at radius 1 is 1.00 bits per heavy atom. The highest BCUT2D eigenvalue weighted by molar-refractivity contribution is 6.31. The summed E-state index contributed by atoms with van der Waals surface area (Å²) in [7, 11) is 0. The van der Waals surface area contributed by atoms with Gasteiger partial charge in [-0.15, -0.1) is 0 Å². The summed E-state index contributed by atoms with van der Waals surface area (Å²) in [5.74, 6) is -0.546. The summed E-state index contributed by atoms with van der Waals surface area (Å²) >= 11 is 6.27. The molecule has 3 amide bonds. The van der Waals surface area contributed by atoms with Gasteiger partial charge in [-0.3, -0.25) is 9.69 Å². The van der Waals surface area contributed by atoms with Crippen LogP contribution in [0.1, 0.15) is 17.5 Å². The van der Waals surface area contributed by atoms with Crippen molar-refractivity contribution in [1.82, 2.24) is 4.90 Å². The monoisotopic (exact) mass is 451 g/mol. The van der Waals surface area contributed by atoms with E-state index >= 15 is 0 Å². The molecule has 32 heavy (non-hydrogen) atoms. The summed E-state index contributed by atoms with van der Waals surface area (Å²) in [4.78, 5) is 29.0. The Hall–Kier alpha value is -3.38. The molecule has 0 aromatic heterocycles. The lowest BCUT2D eigenvalue weighted by atomic mass is 10.1. The first-order valence-electron chi connectivity index (χ1n) is 10.4. The Morgan fingerprint density at radius 3 is 2.56 bits per heavy atom. The van der Waals surface area contributed by atoms with Crippen molar-refractivity contribution in [3.05, 3.63) is 94.8 Å². The maximum absolute atomic E-state index is 13.1. The van der Waals surface area contributed by atoms with E-state index in [1.165, 1.54) is 12.1 Å². The SMILES string of the molecule is O=C(Cc1ccc(F)cc1)Nc1cccc(N2CCCN(Cc3ccccc3Cl)C2=O)c1. The molecule has 0 radical (unpaired) electrons. The minimum absolute atomic E-state index is 0.0917. The molecular weight excluding hydrogens is 429 g/mol. The zero-order valence-corrected chi connectivity index (χ0v) is 18.2. The molecule has 1 N–H and O–H groups in total. The van der Waals surface area contributed by atoms with Gasteiger partial charge in [0.15, 0.2) is 0 Å². The largest absolute Gasteiger partial charge is 0.326 e. The van der Waals surface area contributed by atoms with Crippen LogP contribution in [0.4, 0.5) is 20.6 Å². The first-order valence-corrected chi connectivity index (χ1v) is 10.8. The smallest absolute Gasteiger partial charge is 0.324 e. The molecule has 1 saturated heterocycles. The zero-order valence-electron chi connectivity index (χ0n) is 17.4. The van der Waals surface area contributed by atoms with Crippen LogP contribution in [-0.4, -0.2) is 29.9 Å². The normalized spacial score (nSPS) is 13.9. The van der Waals surface area contributed by atoms with Crippen molar-refractivity contribution < 1.29 is 14.0 Å². The van der Waals surface area contributed by atoms with E-state index in [9.17, 15) is 14.0 Å². The molecule has 0 bridgehead atoms. The van der Waals surface area contributed by atoms with Crippen LogP contribution in [0.2, 0.25) is 5.02 Å². The number of carbonyl (C=O) groups is 2. The molecule has 3 aromatic carbocycles. The first kappa shape index (κ1) is 21.8. The molecule has 0 unspecified atom stereocenters. The second-order valence-corrected chi connectivity index (χ2v) is 8.11. The second-order valence-electron chi connectivity index (χ2n) is 7.70. The Bertz CT molecular complexity index is 1120. The number of rotatable bonds is 6. The standard InChI is InChI=1S/C25H23ClFN3O2/c26-23-8-2-1-5-19(23)17-29-13-4-14-30(25(29)32)22-7-3-6-21(16-22)28-24(31)15-18-9-11-20(27)12-10-18/h1-3,5-12,16H,4,13-15,17H2,(H,28,31). The Morgan fingerprint density at radius 2 is 1.78 bits per heavy atom. The topological polar surface area (TPSA) is 52.7 Å². The summed E-state index contributed by atoms with van der Waals surface area (Å²) in [6.45, 7) is 1.71. The molecule has 0 spiro atoms. The number of urea groups is 1. The highest BCUT2D eigenvalue weighted by Crippen LogP contribution is 2.26. The van der Waals surface area contributed by atoms with Gasteiger partial charge in [-0.2, -0.15) is 0 Å². The van der Waals surface area contributed by atoms with E-state index in [0.29, 0.717) is 30.3 Å². The van der Waals surface area contributed by atoms with Crippen molar-refractivity contribution in [2.45, 2.75) is 19.4 Å². The third kappa shape index (κ3) is 5.26. The van der Waals surface area contributed by atoms with Crippen LogP contribution < -0.4 is 10.2 Å². The third-order valence-corrected chi connectivity index (χ3v) is 5.72. The fraction of sp³-hybridized carbons (Fsp3) is 0.200. The number of carbonyl (C=O) groups excluding carboxylic acids is 2. The second kappa shape index (κ2) is 9.83. The van der Waals surface area contributed by atoms with Gasteiger partial charge in [0.1, 0.15) is 5.82 Å². The van der Waals surface area contributed by atoms with Crippen LogP contribution in [-0.2, 0) is 17.8 Å². The van der Waals surface area contributed by atoms with E-state index in [1.807, 2.05) is 36.4 Å². The van der Waals surface area contributed by atoms with E-state index < -0.39 is 0 Å². The fourth-order valence-electron chi connectivity index (χ4n) is 3.74. The molecule has 3 aromatic rings. The Kier molecular flexibility index (Phi) is 6.71. The van der Waals surface area contributed by atoms with E-state index in [4.69, 9.17) is 11.6 Å². The fourth-order valence-corrected chi connectivity index (χ4v) is 3.94. The molecular formula is C25H23ClFN3O2. The van der Waals surface area contributed by atoms with Crippen LogP contribution in [0.3, 0.4) is 0 Å². The van der Waals surface area contributed by atoms with Crippen molar-refractivity contribution in [3.8, 4) is 0 Å². The van der Waals surface area contributed by atoms with E-state index in [0.717, 1.165) is 23.2 Å². The molecule has 1 fully saturated rings. The van der Waals surface area contributed by atoms with Crippen LogP contribution in [0.5, 0.6) is 0 Å². The van der Waals surface area contributed by atoms with Crippen molar-refractivity contribution in [3.63, 3.8) is 0 Å². The van der Waals surface area contributed by atoms with Gasteiger partial charge < -0.3 is 10.2 Å². The van der Waals surface area contributed by atoms with Gasteiger partial charge in [0.2, 0.25) is 5.91 Å². The van der Waals surface area contributed by atoms with Crippen LogP contribution in [0.25, 0.3) is 0 Å². The van der Waals surface area contributed by atoms with Crippen LogP contribution in [0.15, 0.2) is 72.8 Å². The summed E-state index contributed by atoms with van der Waals surface area (Å²) in [6.07, 6.45) is 0.968. The van der Waals surface area contributed by atoms with Crippen molar-refractivity contribution in [1.29, 1.82) is 0 Å². The summed E-state index contributed by atoms with van der Waals surface area (Å²) < 4.78 is 13.1. The van der Waals surface area contributed by atoms with E-state index in [2.05, 4.69) is 5.32 Å². The maximum atomic E-state index is 13.1. The van der Waals surface area contributed by atoms with Gasteiger partial charge in [-0.1, -0.05) is 48.0 Å². The Labute approximate surface area is 191 Å². The zero-order chi connectivity index (χ0) is 22.5. The number of benzene rings is 3. The molecule has 0 saturated carbocycles. The highest BCUT2D eigenvalue weighted by atomic mass is 35.5. The summed E-state index contributed by atoms with van der Waals surface area (Å²) in [5.41, 5.74) is 2.96. The van der Waals surface area contributed by atoms with Gasteiger partial charge in [0.05, 0.1) is 6.42 Å². The lowest BCUT2D eigenvalue weighted by molar-refractivity contribution is -0.115. The number of hydrogen-bond acceptors (Lipinski definition) is 2. The van der Waals surface area contributed by atoms with E-state index in [1.54, 1.807) is 34.1 Å². The number of anilines is 2.